The molecule has 20 heavy (non-hydrogen) atoms. The molecule has 3 heteroatoms. The molecule has 0 saturated carbocycles. The van der Waals surface area contributed by atoms with Gasteiger partial charge >= 0.3 is 0 Å². The second-order valence-corrected chi connectivity index (χ2v) is 5.08. The van der Waals surface area contributed by atoms with Crippen molar-refractivity contribution in [3.8, 4) is 0 Å². The highest BCUT2D eigenvalue weighted by molar-refractivity contribution is 7.97. The number of hydrogen-bond acceptors (Lipinski definition) is 3. The summed E-state index contributed by atoms with van der Waals surface area (Å²) >= 11 is 1.52. The van der Waals surface area contributed by atoms with Gasteiger partial charge in [-0.3, -0.25) is 0 Å². The van der Waals surface area contributed by atoms with Crippen LogP contribution in [-0.4, -0.2) is 4.98 Å². The highest BCUT2D eigenvalue weighted by atomic mass is 32.2. The van der Waals surface area contributed by atoms with Gasteiger partial charge in [-0.2, -0.15) is 0 Å². The summed E-state index contributed by atoms with van der Waals surface area (Å²) in [6.07, 6.45) is 14.1. The highest BCUT2D eigenvalue weighted by Crippen LogP contribution is 2.30. The third kappa shape index (κ3) is 3.31. The highest BCUT2D eigenvalue weighted by Gasteiger charge is 2.14. The Hall–Kier alpha value is -2.00. The lowest BCUT2D eigenvalue weighted by molar-refractivity contribution is 1.08. The average Bonchev–Trinajstić information content (AvgIpc) is 2.50. The van der Waals surface area contributed by atoms with E-state index >= 15 is 0 Å². The van der Waals surface area contributed by atoms with E-state index in [1.165, 1.54) is 11.9 Å². The largest absolute Gasteiger partial charge is 0.324 e. The summed E-state index contributed by atoms with van der Waals surface area (Å²) in [6.45, 7) is 8.21. The smallest absolute Gasteiger partial charge is 0.124 e. The van der Waals surface area contributed by atoms with Crippen LogP contribution in [0.2, 0.25) is 0 Å². The number of nitrogens with zero attached hydrogens (tertiary/aromatic N) is 1. The Balaban J connectivity index is 2.32. The van der Waals surface area contributed by atoms with E-state index in [1.807, 2.05) is 38.1 Å². The van der Waals surface area contributed by atoms with Gasteiger partial charge < -0.3 is 4.72 Å². The molecular formula is C17H18N2S. The Morgan fingerprint density at radius 2 is 2.20 bits per heavy atom. The summed E-state index contributed by atoms with van der Waals surface area (Å²) in [5.41, 5.74) is 4.21. The zero-order chi connectivity index (χ0) is 14.4. The third-order valence-electron chi connectivity index (χ3n) is 2.85. The summed E-state index contributed by atoms with van der Waals surface area (Å²) in [5.74, 6) is 0. The molecule has 0 fully saturated rings. The number of aromatic nitrogens is 1. The van der Waals surface area contributed by atoms with Crippen LogP contribution in [0.25, 0.3) is 6.08 Å². The van der Waals surface area contributed by atoms with Crippen LogP contribution in [0.5, 0.6) is 0 Å². The standard InChI is InChI=1S/C17H18N2S/c1-4-6-9-14(8-5-2)13(3)16-12-15-10-7-11-18-17(15)20-19-16/h4-12,19H,3H2,1-2H3/b6-4-,8-5-,14-9-. The van der Waals surface area contributed by atoms with Gasteiger partial charge in [0.25, 0.3) is 0 Å². The van der Waals surface area contributed by atoms with Gasteiger partial charge in [0.2, 0.25) is 0 Å². The molecule has 0 aliphatic carbocycles. The van der Waals surface area contributed by atoms with E-state index < -0.39 is 0 Å². The van der Waals surface area contributed by atoms with Gasteiger partial charge in [-0.05, 0) is 37.1 Å². The minimum absolute atomic E-state index is 0.975. The quantitative estimate of drug-likeness (QED) is 0.642. The zero-order valence-corrected chi connectivity index (χ0v) is 12.6. The van der Waals surface area contributed by atoms with Crippen molar-refractivity contribution in [1.82, 2.24) is 9.71 Å². The van der Waals surface area contributed by atoms with E-state index in [1.54, 1.807) is 6.20 Å². The predicted molar refractivity (Wildman–Crippen MR) is 88.1 cm³/mol. The molecular weight excluding hydrogens is 264 g/mol. The van der Waals surface area contributed by atoms with Gasteiger partial charge in [-0.15, -0.1) is 0 Å². The first-order chi connectivity index (χ1) is 9.76. The van der Waals surface area contributed by atoms with Crippen LogP contribution in [0.1, 0.15) is 19.4 Å². The summed E-state index contributed by atoms with van der Waals surface area (Å²) in [4.78, 5) is 4.33. The van der Waals surface area contributed by atoms with Gasteiger partial charge in [-0.1, -0.05) is 43.0 Å². The Labute approximate surface area is 124 Å². The summed E-state index contributed by atoms with van der Waals surface area (Å²) in [5, 5.41) is 0.995. The van der Waals surface area contributed by atoms with Crippen LogP contribution < -0.4 is 4.72 Å². The minimum atomic E-state index is 0.975. The summed E-state index contributed by atoms with van der Waals surface area (Å²) in [6, 6.07) is 4.01. The fraction of sp³-hybridized carbons (Fsp3) is 0.118. The second kappa shape index (κ2) is 6.96. The molecule has 1 aliphatic heterocycles. The number of fused-ring (bicyclic) bond motifs is 1. The Kier molecular flexibility index (Phi) is 5.02. The van der Waals surface area contributed by atoms with Crippen molar-refractivity contribution in [2.75, 3.05) is 0 Å². The molecule has 0 aromatic carbocycles. The van der Waals surface area contributed by atoms with Gasteiger partial charge in [0.15, 0.2) is 0 Å². The monoisotopic (exact) mass is 282 g/mol. The van der Waals surface area contributed by atoms with Crippen molar-refractivity contribution in [2.45, 2.75) is 18.9 Å². The number of nitrogens with one attached hydrogen (secondary N) is 1. The number of allylic oxidation sites excluding steroid dienone is 6. The summed E-state index contributed by atoms with van der Waals surface area (Å²) in [7, 11) is 0. The molecule has 2 rings (SSSR count). The number of hydrogen-bond donors (Lipinski definition) is 1. The van der Waals surface area contributed by atoms with Crippen LogP contribution >= 0.6 is 11.9 Å². The molecule has 1 aliphatic rings. The fourth-order valence-electron chi connectivity index (χ4n) is 1.83. The van der Waals surface area contributed by atoms with Crippen molar-refractivity contribution in [3.05, 3.63) is 77.7 Å². The topological polar surface area (TPSA) is 24.9 Å². The van der Waals surface area contributed by atoms with Gasteiger partial charge in [0, 0.05) is 23.7 Å². The Morgan fingerprint density at radius 3 is 2.95 bits per heavy atom. The van der Waals surface area contributed by atoms with Crippen LogP contribution in [0.15, 0.2) is 77.2 Å². The number of rotatable bonds is 4. The lowest BCUT2D eigenvalue weighted by Crippen LogP contribution is -2.11. The maximum atomic E-state index is 4.33. The molecule has 0 unspecified atom stereocenters. The minimum Gasteiger partial charge on any atom is -0.324 e. The first-order valence-corrected chi connectivity index (χ1v) is 7.32. The lowest BCUT2D eigenvalue weighted by atomic mass is 10.0. The van der Waals surface area contributed by atoms with Gasteiger partial charge in [0.05, 0.1) is 5.70 Å². The maximum Gasteiger partial charge on any atom is 0.124 e. The molecule has 2 heterocycles. The molecule has 0 bridgehead atoms. The molecule has 0 radical (unpaired) electrons. The maximum absolute atomic E-state index is 4.33. The van der Waals surface area contributed by atoms with Crippen molar-refractivity contribution in [2.24, 2.45) is 0 Å². The normalized spacial score (nSPS) is 15.1. The van der Waals surface area contributed by atoms with Crippen LogP contribution in [-0.2, 0) is 0 Å². The molecule has 2 nitrogen and oxygen atoms in total. The zero-order valence-electron chi connectivity index (χ0n) is 11.8. The number of pyridine rings is 1. The van der Waals surface area contributed by atoms with Crippen molar-refractivity contribution in [1.29, 1.82) is 0 Å². The molecule has 0 atom stereocenters. The van der Waals surface area contributed by atoms with E-state index in [9.17, 15) is 0 Å². The summed E-state index contributed by atoms with van der Waals surface area (Å²) < 4.78 is 3.31. The molecule has 0 saturated heterocycles. The van der Waals surface area contributed by atoms with Crippen molar-refractivity contribution >= 4 is 18.0 Å². The van der Waals surface area contributed by atoms with Crippen LogP contribution in [0.4, 0.5) is 0 Å². The van der Waals surface area contributed by atoms with E-state index in [4.69, 9.17) is 0 Å². The van der Waals surface area contributed by atoms with Crippen LogP contribution in [0, 0.1) is 0 Å². The van der Waals surface area contributed by atoms with E-state index in [0.717, 1.165) is 27.4 Å². The predicted octanol–water partition coefficient (Wildman–Crippen LogP) is 4.67. The van der Waals surface area contributed by atoms with E-state index in [2.05, 4.69) is 40.6 Å². The molecule has 1 aromatic rings. The van der Waals surface area contributed by atoms with Crippen molar-refractivity contribution < 1.29 is 0 Å². The molecule has 0 spiro atoms. The van der Waals surface area contributed by atoms with Gasteiger partial charge in [0.1, 0.15) is 5.03 Å². The SMILES string of the molecule is C=C(C1=Cc2cccnc2SN1)C(/C=C\C)=C\C=C/C. The molecule has 1 aromatic heterocycles. The second-order valence-electron chi connectivity index (χ2n) is 4.29. The van der Waals surface area contributed by atoms with E-state index in [0.29, 0.717) is 0 Å². The average molecular weight is 282 g/mol. The Morgan fingerprint density at radius 1 is 1.35 bits per heavy atom. The molecule has 102 valence electrons. The fourth-order valence-corrected chi connectivity index (χ4v) is 2.57. The Bertz CT molecular complexity index is 622. The third-order valence-corrected chi connectivity index (χ3v) is 3.70. The first kappa shape index (κ1) is 14.4. The first-order valence-electron chi connectivity index (χ1n) is 6.51. The van der Waals surface area contributed by atoms with E-state index in [-0.39, 0.29) is 0 Å². The van der Waals surface area contributed by atoms with Gasteiger partial charge in [-0.25, -0.2) is 4.98 Å². The van der Waals surface area contributed by atoms with Crippen molar-refractivity contribution in [3.63, 3.8) is 0 Å². The lowest BCUT2D eigenvalue weighted by Gasteiger charge is -2.19. The molecule has 1 N–H and O–H groups in total. The van der Waals surface area contributed by atoms with Crippen LogP contribution in [0.3, 0.4) is 0 Å². The molecule has 0 amide bonds.